The van der Waals surface area contributed by atoms with Crippen molar-refractivity contribution in [1.82, 2.24) is 19.9 Å². The van der Waals surface area contributed by atoms with Crippen molar-refractivity contribution in [2.45, 2.75) is 19.9 Å². The molecule has 148 valence electrons. The van der Waals surface area contributed by atoms with Crippen LogP contribution in [0, 0.1) is 12.8 Å². The molecule has 4 rings (SSSR count). The Morgan fingerprint density at radius 1 is 1.24 bits per heavy atom. The zero-order chi connectivity index (χ0) is 20.4. The van der Waals surface area contributed by atoms with Gasteiger partial charge in [-0.3, -0.25) is 14.2 Å². The fourth-order valence-corrected chi connectivity index (χ4v) is 3.82. The number of nitrogens with zero attached hydrogens (tertiary/aromatic N) is 4. The number of hydrogen-bond acceptors (Lipinski definition) is 4. The molecule has 1 N–H and O–H groups in total. The van der Waals surface area contributed by atoms with Crippen LogP contribution in [0.5, 0.6) is 0 Å². The molecule has 2 aromatic heterocycles. The lowest BCUT2D eigenvalue weighted by atomic mass is 10.1. The molecule has 1 fully saturated rings. The fraction of sp³-hybridized carbons (Fsp3) is 0.238. The summed E-state index contributed by atoms with van der Waals surface area (Å²) in [4.78, 5) is 35.3. The van der Waals surface area contributed by atoms with Crippen molar-refractivity contribution in [3.05, 3.63) is 70.8 Å². The number of benzene rings is 1. The fourth-order valence-electron chi connectivity index (χ4n) is 3.43. The lowest BCUT2D eigenvalue weighted by Gasteiger charge is -2.17. The van der Waals surface area contributed by atoms with E-state index in [0.717, 1.165) is 27.4 Å². The molecule has 0 spiro atoms. The van der Waals surface area contributed by atoms with Gasteiger partial charge in [-0.1, -0.05) is 22.0 Å². The van der Waals surface area contributed by atoms with Crippen LogP contribution >= 0.6 is 15.9 Å². The quantitative estimate of drug-likeness (QED) is 0.643. The number of carbonyl (C=O) groups is 2. The Labute approximate surface area is 176 Å². The van der Waals surface area contributed by atoms with Crippen molar-refractivity contribution in [3.8, 4) is 5.82 Å². The molecule has 1 aromatic carbocycles. The van der Waals surface area contributed by atoms with Gasteiger partial charge in [-0.2, -0.15) is 0 Å². The van der Waals surface area contributed by atoms with Crippen LogP contribution in [0.1, 0.15) is 17.8 Å². The molecule has 0 bridgehead atoms. The molecule has 0 aliphatic carbocycles. The molecular weight excluding hydrogens is 434 g/mol. The molecule has 8 heteroatoms. The second kappa shape index (κ2) is 8.16. The molecule has 29 heavy (non-hydrogen) atoms. The number of anilines is 1. The SMILES string of the molecule is Cc1nccn1-c1cc(CNC(=O)C2CC(=O)N(c3cccc(Br)c3)C2)ccn1. The molecule has 0 radical (unpaired) electrons. The Morgan fingerprint density at radius 2 is 2.10 bits per heavy atom. The summed E-state index contributed by atoms with van der Waals surface area (Å²) in [5.74, 6) is 1.08. The van der Waals surface area contributed by atoms with E-state index < -0.39 is 0 Å². The Balaban J connectivity index is 1.39. The maximum absolute atomic E-state index is 12.6. The number of hydrogen-bond donors (Lipinski definition) is 1. The molecule has 3 heterocycles. The number of aromatic nitrogens is 3. The van der Waals surface area contributed by atoms with E-state index >= 15 is 0 Å². The van der Waals surface area contributed by atoms with Gasteiger partial charge in [0.15, 0.2) is 0 Å². The highest BCUT2D eigenvalue weighted by atomic mass is 79.9. The van der Waals surface area contributed by atoms with E-state index in [2.05, 4.69) is 31.2 Å². The van der Waals surface area contributed by atoms with Crippen LogP contribution < -0.4 is 10.2 Å². The van der Waals surface area contributed by atoms with Gasteiger partial charge < -0.3 is 10.2 Å². The smallest absolute Gasteiger partial charge is 0.227 e. The summed E-state index contributed by atoms with van der Waals surface area (Å²) in [6.45, 7) is 2.67. The molecular formula is C21H20BrN5O2. The summed E-state index contributed by atoms with van der Waals surface area (Å²) >= 11 is 3.42. The van der Waals surface area contributed by atoms with Crippen LogP contribution in [0.4, 0.5) is 5.69 Å². The zero-order valence-electron chi connectivity index (χ0n) is 15.9. The number of amides is 2. The van der Waals surface area contributed by atoms with Crippen molar-refractivity contribution in [2.24, 2.45) is 5.92 Å². The zero-order valence-corrected chi connectivity index (χ0v) is 17.5. The van der Waals surface area contributed by atoms with E-state index in [-0.39, 0.29) is 24.2 Å². The van der Waals surface area contributed by atoms with Gasteiger partial charge in [0, 0.05) is 48.3 Å². The first-order valence-electron chi connectivity index (χ1n) is 9.30. The first-order chi connectivity index (χ1) is 14.0. The van der Waals surface area contributed by atoms with E-state index in [1.807, 2.05) is 54.1 Å². The number of nitrogens with one attached hydrogen (secondary N) is 1. The maximum Gasteiger partial charge on any atom is 0.227 e. The molecule has 1 aliphatic rings. The summed E-state index contributed by atoms with van der Waals surface area (Å²) in [6, 6.07) is 11.3. The van der Waals surface area contributed by atoms with Gasteiger partial charge in [0.2, 0.25) is 11.8 Å². The lowest BCUT2D eigenvalue weighted by molar-refractivity contribution is -0.126. The van der Waals surface area contributed by atoms with Crippen LogP contribution in [-0.2, 0) is 16.1 Å². The summed E-state index contributed by atoms with van der Waals surface area (Å²) in [7, 11) is 0. The van der Waals surface area contributed by atoms with Gasteiger partial charge in [-0.15, -0.1) is 0 Å². The van der Waals surface area contributed by atoms with Gasteiger partial charge in [0.05, 0.1) is 5.92 Å². The summed E-state index contributed by atoms with van der Waals surface area (Å²) in [6.07, 6.45) is 5.50. The van der Waals surface area contributed by atoms with Crippen molar-refractivity contribution >= 4 is 33.4 Å². The van der Waals surface area contributed by atoms with Gasteiger partial charge in [-0.25, -0.2) is 9.97 Å². The highest BCUT2D eigenvalue weighted by molar-refractivity contribution is 9.10. The predicted molar refractivity (Wildman–Crippen MR) is 113 cm³/mol. The average Bonchev–Trinajstić information content (AvgIpc) is 3.32. The standard InChI is InChI=1S/C21H20BrN5O2/c1-14-23-7-8-26(14)19-9-15(5-6-24-19)12-25-21(29)16-10-20(28)27(13-16)18-4-2-3-17(22)11-18/h2-9,11,16H,10,12-13H2,1H3,(H,25,29). The second-order valence-electron chi connectivity index (χ2n) is 6.97. The lowest BCUT2D eigenvalue weighted by Crippen LogP contribution is -2.32. The third-order valence-corrected chi connectivity index (χ3v) is 5.46. The highest BCUT2D eigenvalue weighted by Crippen LogP contribution is 2.27. The van der Waals surface area contributed by atoms with Crippen molar-refractivity contribution in [2.75, 3.05) is 11.4 Å². The Morgan fingerprint density at radius 3 is 2.86 bits per heavy atom. The van der Waals surface area contributed by atoms with E-state index in [0.29, 0.717) is 13.1 Å². The Bertz CT molecular complexity index is 1060. The number of imidazole rings is 1. The van der Waals surface area contributed by atoms with Crippen LogP contribution in [0.2, 0.25) is 0 Å². The molecule has 3 aromatic rings. The number of rotatable bonds is 5. The highest BCUT2D eigenvalue weighted by Gasteiger charge is 2.35. The number of aryl methyl sites for hydroxylation is 1. The van der Waals surface area contributed by atoms with Crippen molar-refractivity contribution in [1.29, 1.82) is 0 Å². The summed E-state index contributed by atoms with van der Waals surface area (Å²) in [5, 5.41) is 2.95. The normalized spacial score (nSPS) is 16.3. The molecule has 7 nitrogen and oxygen atoms in total. The van der Waals surface area contributed by atoms with E-state index in [4.69, 9.17) is 0 Å². The Kier molecular flexibility index (Phi) is 5.44. The second-order valence-corrected chi connectivity index (χ2v) is 7.89. The van der Waals surface area contributed by atoms with Crippen LogP contribution in [0.25, 0.3) is 5.82 Å². The van der Waals surface area contributed by atoms with Gasteiger partial charge in [-0.05, 0) is 42.8 Å². The minimum Gasteiger partial charge on any atom is -0.352 e. The van der Waals surface area contributed by atoms with Crippen LogP contribution in [0.15, 0.2) is 59.5 Å². The minimum atomic E-state index is -0.362. The first kappa shape index (κ1) is 19.3. The average molecular weight is 454 g/mol. The molecule has 2 amide bonds. The Hall–Kier alpha value is -3.00. The summed E-state index contributed by atoms with van der Waals surface area (Å²) in [5.41, 5.74) is 1.73. The molecule has 1 aliphatic heterocycles. The van der Waals surface area contributed by atoms with Crippen molar-refractivity contribution < 1.29 is 9.59 Å². The molecule has 1 atom stereocenters. The molecule has 1 unspecified atom stereocenters. The third-order valence-electron chi connectivity index (χ3n) is 4.96. The van der Waals surface area contributed by atoms with E-state index in [9.17, 15) is 9.59 Å². The van der Waals surface area contributed by atoms with Crippen LogP contribution in [0.3, 0.4) is 0 Å². The predicted octanol–water partition coefficient (Wildman–Crippen LogP) is 3.01. The molecule has 0 saturated carbocycles. The van der Waals surface area contributed by atoms with E-state index in [1.165, 1.54) is 0 Å². The van der Waals surface area contributed by atoms with Crippen LogP contribution in [-0.4, -0.2) is 32.9 Å². The number of carbonyl (C=O) groups excluding carboxylic acids is 2. The van der Waals surface area contributed by atoms with Gasteiger partial charge >= 0.3 is 0 Å². The third kappa shape index (κ3) is 4.22. The van der Waals surface area contributed by atoms with Gasteiger partial charge in [0.1, 0.15) is 11.6 Å². The monoisotopic (exact) mass is 453 g/mol. The van der Waals surface area contributed by atoms with Crippen molar-refractivity contribution in [3.63, 3.8) is 0 Å². The number of pyridine rings is 1. The van der Waals surface area contributed by atoms with Gasteiger partial charge in [0.25, 0.3) is 0 Å². The van der Waals surface area contributed by atoms with E-state index in [1.54, 1.807) is 17.3 Å². The molecule has 1 saturated heterocycles. The topological polar surface area (TPSA) is 80.1 Å². The first-order valence-corrected chi connectivity index (χ1v) is 10.1. The minimum absolute atomic E-state index is 0.0370. The summed E-state index contributed by atoms with van der Waals surface area (Å²) < 4.78 is 2.79. The number of halogens is 1. The largest absolute Gasteiger partial charge is 0.352 e. The maximum atomic E-state index is 12.6.